The van der Waals surface area contributed by atoms with Crippen LogP contribution in [0.4, 0.5) is 0 Å². The van der Waals surface area contributed by atoms with Gasteiger partial charge < -0.3 is 9.47 Å². The Morgan fingerprint density at radius 3 is 2.10 bits per heavy atom. The first kappa shape index (κ1) is 23.6. The van der Waals surface area contributed by atoms with Crippen molar-refractivity contribution in [2.24, 2.45) is 0 Å². The van der Waals surface area contributed by atoms with Crippen LogP contribution in [0.2, 0.25) is 0 Å². The van der Waals surface area contributed by atoms with Crippen molar-refractivity contribution in [2.75, 3.05) is 13.2 Å². The summed E-state index contributed by atoms with van der Waals surface area (Å²) in [5, 5.41) is 2.33. The summed E-state index contributed by atoms with van der Waals surface area (Å²) >= 11 is 15.0. The van der Waals surface area contributed by atoms with Crippen molar-refractivity contribution >= 4 is 76.9 Å². The zero-order valence-electron chi connectivity index (χ0n) is 15.1. The minimum absolute atomic E-state index is 0.0697. The van der Waals surface area contributed by atoms with Crippen molar-refractivity contribution < 1.29 is 19.1 Å². The summed E-state index contributed by atoms with van der Waals surface area (Å²) in [6, 6.07) is 10.8. The number of amides is 2. The molecule has 0 aromatic heterocycles. The predicted molar refractivity (Wildman–Crippen MR) is 124 cm³/mol. The highest BCUT2D eigenvalue weighted by Crippen LogP contribution is 2.28. The maximum atomic E-state index is 11.9. The zero-order chi connectivity index (χ0) is 21.4. The molecule has 0 aliphatic carbocycles. The van der Waals surface area contributed by atoms with Crippen LogP contribution in [0.3, 0.4) is 0 Å². The van der Waals surface area contributed by atoms with Gasteiger partial charge in [-0.25, -0.2) is 0 Å². The van der Waals surface area contributed by atoms with Gasteiger partial charge in [-0.3, -0.25) is 25.8 Å². The SMILES string of the molecule is Cc1ccc(OCC(=O)NC(=S)NNC(=O)COc2ccc(Br)cc2Br)c(Br)c1. The molecule has 0 saturated carbocycles. The van der Waals surface area contributed by atoms with Gasteiger partial charge in [0.2, 0.25) is 0 Å². The number of rotatable bonds is 6. The standard InChI is InChI=1S/C18H16Br3N3O4S/c1-10-2-4-14(12(20)6-10)27-8-16(25)22-18(29)24-23-17(26)9-28-15-5-3-11(19)7-13(15)21/h2-7H,8-9H2,1H3,(H,23,26)(H2,22,24,25,29). The van der Waals surface area contributed by atoms with Crippen molar-refractivity contribution in [3.63, 3.8) is 0 Å². The molecule has 0 radical (unpaired) electrons. The third-order valence-electron chi connectivity index (χ3n) is 3.27. The average molecular weight is 610 g/mol. The molecule has 2 rings (SSSR count). The second-order valence-corrected chi connectivity index (χ2v) is 8.67. The number of hydrogen-bond donors (Lipinski definition) is 3. The zero-order valence-corrected chi connectivity index (χ0v) is 20.6. The highest BCUT2D eigenvalue weighted by atomic mass is 79.9. The molecule has 0 aliphatic rings. The van der Waals surface area contributed by atoms with E-state index in [4.69, 9.17) is 21.7 Å². The van der Waals surface area contributed by atoms with Crippen molar-refractivity contribution in [1.82, 2.24) is 16.2 Å². The molecule has 29 heavy (non-hydrogen) atoms. The molecule has 0 bridgehead atoms. The Hall–Kier alpha value is -1.69. The monoisotopic (exact) mass is 607 g/mol. The van der Waals surface area contributed by atoms with E-state index in [0.29, 0.717) is 16.0 Å². The second-order valence-electron chi connectivity index (χ2n) is 5.64. The number of carbonyl (C=O) groups is 2. The summed E-state index contributed by atoms with van der Waals surface area (Å²) < 4.78 is 13.2. The largest absolute Gasteiger partial charge is 0.483 e. The van der Waals surface area contributed by atoms with Crippen LogP contribution in [0, 0.1) is 6.92 Å². The van der Waals surface area contributed by atoms with E-state index < -0.39 is 11.8 Å². The van der Waals surface area contributed by atoms with Crippen molar-refractivity contribution in [3.05, 3.63) is 55.4 Å². The topological polar surface area (TPSA) is 88.7 Å². The fourth-order valence-electron chi connectivity index (χ4n) is 1.96. The molecule has 0 fully saturated rings. The third kappa shape index (κ3) is 8.29. The lowest BCUT2D eigenvalue weighted by Gasteiger charge is -2.13. The summed E-state index contributed by atoms with van der Waals surface area (Å²) in [5.74, 6) is 0.100. The quantitative estimate of drug-likeness (QED) is 0.342. The molecular weight excluding hydrogens is 594 g/mol. The first-order chi connectivity index (χ1) is 13.7. The summed E-state index contributed by atoms with van der Waals surface area (Å²) in [6.45, 7) is 1.47. The molecule has 2 amide bonds. The molecule has 0 aliphatic heterocycles. The third-order valence-corrected chi connectivity index (χ3v) is 5.20. The van der Waals surface area contributed by atoms with E-state index >= 15 is 0 Å². The Morgan fingerprint density at radius 1 is 0.897 bits per heavy atom. The van der Waals surface area contributed by atoms with Crippen LogP contribution < -0.4 is 25.6 Å². The molecule has 0 unspecified atom stereocenters. The molecule has 0 saturated heterocycles. The van der Waals surface area contributed by atoms with Gasteiger partial charge in [0.1, 0.15) is 11.5 Å². The van der Waals surface area contributed by atoms with Gasteiger partial charge in [0, 0.05) is 4.47 Å². The normalized spacial score (nSPS) is 10.1. The summed E-state index contributed by atoms with van der Waals surface area (Å²) in [4.78, 5) is 23.7. The van der Waals surface area contributed by atoms with E-state index in [1.165, 1.54) is 0 Å². The van der Waals surface area contributed by atoms with Crippen LogP contribution in [0.1, 0.15) is 5.56 Å². The molecule has 2 aromatic rings. The molecule has 7 nitrogen and oxygen atoms in total. The Kier molecular flexibility index (Phi) is 9.34. The summed E-state index contributed by atoms with van der Waals surface area (Å²) in [5.41, 5.74) is 5.82. The molecule has 0 atom stereocenters. The van der Waals surface area contributed by atoms with Gasteiger partial charge in [-0.05, 0) is 86.9 Å². The van der Waals surface area contributed by atoms with Crippen molar-refractivity contribution in [3.8, 4) is 11.5 Å². The minimum Gasteiger partial charge on any atom is -0.483 e. The molecule has 0 heterocycles. The smallest absolute Gasteiger partial charge is 0.276 e. The Labute approximate surface area is 198 Å². The van der Waals surface area contributed by atoms with Gasteiger partial charge in [0.05, 0.1) is 8.95 Å². The summed E-state index contributed by atoms with van der Waals surface area (Å²) in [7, 11) is 0. The molecule has 11 heteroatoms. The number of halogens is 3. The Morgan fingerprint density at radius 2 is 1.48 bits per heavy atom. The van der Waals surface area contributed by atoms with E-state index in [1.807, 2.05) is 19.1 Å². The van der Waals surface area contributed by atoms with E-state index in [9.17, 15) is 9.59 Å². The number of carbonyl (C=O) groups excluding carboxylic acids is 2. The molecule has 3 N–H and O–H groups in total. The molecule has 154 valence electrons. The van der Waals surface area contributed by atoms with Gasteiger partial charge in [-0.1, -0.05) is 22.0 Å². The molecular formula is C18H16Br3N3O4S. The highest BCUT2D eigenvalue weighted by molar-refractivity contribution is 9.11. The van der Waals surface area contributed by atoms with E-state index in [1.54, 1.807) is 24.3 Å². The number of hydrogen-bond acceptors (Lipinski definition) is 5. The van der Waals surface area contributed by atoms with E-state index in [-0.39, 0.29) is 18.3 Å². The number of nitrogens with one attached hydrogen (secondary N) is 3. The van der Waals surface area contributed by atoms with Crippen molar-refractivity contribution in [2.45, 2.75) is 6.92 Å². The molecule has 2 aromatic carbocycles. The second kappa shape index (κ2) is 11.5. The maximum Gasteiger partial charge on any atom is 0.276 e. The van der Waals surface area contributed by atoms with E-state index in [0.717, 1.165) is 14.5 Å². The lowest BCUT2D eigenvalue weighted by atomic mass is 10.2. The lowest BCUT2D eigenvalue weighted by Crippen LogP contribution is -2.50. The highest BCUT2D eigenvalue weighted by Gasteiger charge is 2.10. The van der Waals surface area contributed by atoms with Gasteiger partial charge >= 0.3 is 0 Å². The lowest BCUT2D eigenvalue weighted by molar-refractivity contribution is -0.124. The molecule has 0 spiro atoms. The first-order valence-electron chi connectivity index (χ1n) is 8.10. The van der Waals surface area contributed by atoms with Gasteiger partial charge in [0.25, 0.3) is 11.8 Å². The van der Waals surface area contributed by atoms with Crippen LogP contribution in [-0.2, 0) is 9.59 Å². The van der Waals surface area contributed by atoms with E-state index in [2.05, 4.69) is 64.0 Å². The Balaban J connectivity index is 1.68. The average Bonchev–Trinajstić information content (AvgIpc) is 2.65. The van der Waals surface area contributed by atoms with Crippen LogP contribution in [0.15, 0.2) is 49.8 Å². The number of aryl methyl sites for hydroxylation is 1. The van der Waals surface area contributed by atoms with Gasteiger partial charge in [-0.2, -0.15) is 0 Å². The number of ether oxygens (including phenoxy) is 2. The Bertz CT molecular complexity index is 927. The first-order valence-corrected chi connectivity index (χ1v) is 10.9. The summed E-state index contributed by atoms with van der Waals surface area (Å²) in [6.07, 6.45) is 0. The predicted octanol–water partition coefficient (Wildman–Crippen LogP) is 3.76. The number of thiocarbonyl (C=S) groups is 1. The van der Waals surface area contributed by atoms with Crippen LogP contribution in [0.25, 0.3) is 0 Å². The van der Waals surface area contributed by atoms with Gasteiger partial charge in [-0.15, -0.1) is 0 Å². The minimum atomic E-state index is -0.476. The fourth-order valence-corrected chi connectivity index (χ4v) is 3.89. The van der Waals surface area contributed by atoms with Crippen LogP contribution >= 0.6 is 60.0 Å². The van der Waals surface area contributed by atoms with Crippen LogP contribution in [-0.4, -0.2) is 30.1 Å². The van der Waals surface area contributed by atoms with Crippen LogP contribution in [0.5, 0.6) is 11.5 Å². The maximum absolute atomic E-state index is 11.9. The van der Waals surface area contributed by atoms with Gasteiger partial charge in [0.15, 0.2) is 18.3 Å². The fraction of sp³-hybridized carbons (Fsp3) is 0.167. The number of benzene rings is 2. The van der Waals surface area contributed by atoms with Crippen molar-refractivity contribution in [1.29, 1.82) is 0 Å². The number of hydrazine groups is 1.